The van der Waals surface area contributed by atoms with Crippen molar-refractivity contribution >= 4 is 0 Å². The first-order valence-electron chi connectivity index (χ1n) is 8.51. The number of nitrogens with two attached hydrogens (primary N) is 1. The lowest BCUT2D eigenvalue weighted by atomic mass is 9.79. The highest BCUT2D eigenvalue weighted by atomic mass is 16.5. The number of rotatable bonds is 6. The van der Waals surface area contributed by atoms with Gasteiger partial charge in [0.2, 0.25) is 0 Å². The summed E-state index contributed by atoms with van der Waals surface area (Å²) in [4.78, 5) is 2.58. The standard InChI is InChI=1S/C18H32N2O/c1-18(2,3)16-12-17(20(13-16)10-5-9-19)14-21-11-4-6-15-7-8-15/h15-17H,5,7-14,19H2,1-3H3. The van der Waals surface area contributed by atoms with Gasteiger partial charge in [0.15, 0.2) is 0 Å². The second-order valence-electron chi connectivity index (χ2n) is 7.70. The molecule has 3 heteroatoms. The molecule has 2 N–H and O–H groups in total. The monoisotopic (exact) mass is 292 g/mol. The minimum Gasteiger partial charge on any atom is -0.367 e. The first-order valence-corrected chi connectivity index (χ1v) is 8.51. The van der Waals surface area contributed by atoms with Gasteiger partial charge in [-0.3, -0.25) is 4.90 Å². The molecule has 1 saturated heterocycles. The van der Waals surface area contributed by atoms with Gasteiger partial charge in [0, 0.05) is 18.5 Å². The Balaban J connectivity index is 1.77. The molecule has 0 aromatic carbocycles. The molecule has 2 aliphatic rings. The Hall–Kier alpha value is -0.560. The lowest BCUT2D eigenvalue weighted by Crippen LogP contribution is -2.35. The van der Waals surface area contributed by atoms with Crippen LogP contribution < -0.4 is 5.73 Å². The van der Waals surface area contributed by atoms with Crippen molar-refractivity contribution in [2.75, 3.05) is 32.8 Å². The van der Waals surface area contributed by atoms with Crippen LogP contribution in [0.3, 0.4) is 0 Å². The lowest BCUT2D eigenvalue weighted by molar-refractivity contribution is 0.0969. The molecule has 0 amide bonds. The van der Waals surface area contributed by atoms with E-state index in [2.05, 4.69) is 37.5 Å². The zero-order valence-electron chi connectivity index (χ0n) is 14.0. The molecule has 120 valence electrons. The molecule has 0 aromatic rings. The van der Waals surface area contributed by atoms with Gasteiger partial charge in [0.05, 0.1) is 6.61 Å². The normalized spacial score (nSPS) is 26.7. The van der Waals surface area contributed by atoms with Crippen LogP contribution in [0.2, 0.25) is 0 Å². The lowest BCUT2D eigenvalue weighted by Gasteiger charge is -2.27. The highest BCUT2D eigenvalue weighted by Gasteiger charge is 2.37. The highest BCUT2D eigenvalue weighted by molar-refractivity contribution is 5.09. The maximum absolute atomic E-state index is 5.82. The van der Waals surface area contributed by atoms with E-state index in [9.17, 15) is 0 Å². The van der Waals surface area contributed by atoms with E-state index in [1.54, 1.807) is 0 Å². The average molecular weight is 292 g/mol. The van der Waals surface area contributed by atoms with Crippen LogP contribution in [0.1, 0.15) is 46.5 Å². The molecule has 1 aliphatic heterocycles. The van der Waals surface area contributed by atoms with Gasteiger partial charge < -0.3 is 10.5 Å². The van der Waals surface area contributed by atoms with E-state index in [1.165, 1.54) is 25.8 Å². The van der Waals surface area contributed by atoms with Crippen LogP contribution in [0.5, 0.6) is 0 Å². The van der Waals surface area contributed by atoms with Crippen molar-refractivity contribution in [1.82, 2.24) is 4.90 Å². The SMILES string of the molecule is CC(C)(C)C1CC(COCC#CC2CC2)N(CCCN)C1. The van der Waals surface area contributed by atoms with Crippen molar-refractivity contribution in [2.24, 2.45) is 23.0 Å². The fourth-order valence-electron chi connectivity index (χ4n) is 3.01. The maximum Gasteiger partial charge on any atom is 0.107 e. The molecule has 0 radical (unpaired) electrons. The predicted octanol–water partition coefficient (Wildman–Crippen LogP) is 2.50. The largest absolute Gasteiger partial charge is 0.367 e. The number of nitrogens with zero attached hydrogens (tertiary/aromatic N) is 1. The Kier molecular flexibility index (Phi) is 6.10. The molecule has 2 unspecified atom stereocenters. The second kappa shape index (κ2) is 7.63. The molecule has 0 spiro atoms. The Bertz CT molecular complexity index is 373. The van der Waals surface area contributed by atoms with Crippen LogP contribution in [-0.2, 0) is 4.74 Å². The fraction of sp³-hybridized carbons (Fsp3) is 0.889. The third-order valence-electron chi connectivity index (χ3n) is 4.77. The molecule has 0 bridgehead atoms. The minimum atomic E-state index is 0.376. The van der Waals surface area contributed by atoms with Gasteiger partial charge in [-0.05, 0) is 50.1 Å². The van der Waals surface area contributed by atoms with Gasteiger partial charge in [-0.25, -0.2) is 0 Å². The summed E-state index contributed by atoms with van der Waals surface area (Å²) in [5, 5.41) is 0. The van der Waals surface area contributed by atoms with E-state index in [0.717, 1.165) is 32.0 Å². The smallest absolute Gasteiger partial charge is 0.107 e. The van der Waals surface area contributed by atoms with Gasteiger partial charge in [-0.15, -0.1) is 0 Å². The molecule has 2 rings (SSSR count). The maximum atomic E-state index is 5.82. The Labute approximate surface area is 130 Å². The Morgan fingerprint density at radius 1 is 1.29 bits per heavy atom. The van der Waals surface area contributed by atoms with Crippen LogP contribution in [0.15, 0.2) is 0 Å². The minimum absolute atomic E-state index is 0.376. The van der Waals surface area contributed by atoms with Crippen LogP contribution in [0.4, 0.5) is 0 Å². The summed E-state index contributed by atoms with van der Waals surface area (Å²) in [6.07, 6.45) is 4.89. The van der Waals surface area contributed by atoms with Crippen molar-refractivity contribution in [1.29, 1.82) is 0 Å². The van der Waals surface area contributed by atoms with Gasteiger partial charge >= 0.3 is 0 Å². The third kappa shape index (κ3) is 5.62. The van der Waals surface area contributed by atoms with E-state index in [-0.39, 0.29) is 0 Å². The summed E-state index contributed by atoms with van der Waals surface area (Å²) in [6, 6.07) is 0.545. The summed E-state index contributed by atoms with van der Waals surface area (Å²) in [5.74, 6) is 7.84. The van der Waals surface area contributed by atoms with Crippen LogP contribution >= 0.6 is 0 Å². The zero-order valence-corrected chi connectivity index (χ0v) is 14.0. The van der Waals surface area contributed by atoms with Crippen LogP contribution in [0, 0.1) is 29.1 Å². The summed E-state index contributed by atoms with van der Waals surface area (Å²) in [7, 11) is 0. The molecule has 2 atom stereocenters. The van der Waals surface area contributed by atoms with E-state index in [1.807, 2.05) is 0 Å². The molecule has 2 fully saturated rings. The van der Waals surface area contributed by atoms with Crippen molar-refractivity contribution in [3.63, 3.8) is 0 Å². The quantitative estimate of drug-likeness (QED) is 0.604. The van der Waals surface area contributed by atoms with Gasteiger partial charge in [0.25, 0.3) is 0 Å². The number of ether oxygens (including phenoxy) is 1. The Morgan fingerprint density at radius 2 is 2.05 bits per heavy atom. The van der Waals surface area contributed by atoms with E-state index < -0.39 is 0 Å². The fourth-order valence-corrected chi connectivity index (χ4v) is 3.01. The van der Waals surface area contributed by atoms with Crippen molar-refractivity contribution in [2.45, 2.75) is 52.5 Å². The molecule has 1 saturated carbocycles. The highest BCUT2D eigenvalue weighted by Crippen LogP contribution is 2.36. The molecule has 3 nitrogen and oxygen atoms in total. The van der Waals surface area contributed by atoms with E-state index in [0.29, 0.717) is 24.0 Å². The van der Waals surface area contributed by atoms with Gasteiger partial charge in [-0.2, -0.15) is 0 Å². The van der Waals surface area contributed by atoms with Crippen LogP contribution in [0.25, 0.3) is 0 Å². The molecular formula is C18H32N2O. The summed E-state index contributed by atoms with van der Waals surface area (Å²) >= 11 is 0. The van der Waals surface area contributed by atoms with Gasteiger partial charge in [0.1, 0.15) is 6.61 Å². The van der Waals surface area contributed by atoms with E-state index >= 15 is 0 Å². The van der Waals surface area contributed by atoms with Crippen molar-refractivity contribution < 1.29 is 4.74 Å². The predicted molar refractivity (Wildman–Crippen MR) is 87.9 cm³/mol. The van der Waals surface area contributed by atoms with E-state index in [4.69, 9.17) is 10.5 Å². The van der Waals surface area contributed by atoms with Crippen LogP contribution in [-0.4, -0.2) is 43.8 Å². The molecule has 0 aromatic heterocycles. The number of likely N-dealkylation sites (tertiary alicyclic amines) is 1. The van der Waals surface area contributed by atoms with Gasteiger partial charge in [-0.1, -0.05) is 32.6 Å². The van der Waals surface area contributed by atoms with Crippen molar-refractivity contribution in [3.05, 3.63) is 0 Å². The number of hydrogen-bond donors (Lipinski definition) is 1. The zero-order chi connectivity index (χ0) is 15.3. The molecular weight excluding hydrogens is 260 g/mol. The average Bonchev–Trinajstić information content (AvgIpc) is 3.14. The molecule has 1 aliphatic carbocycles. The topological polar surface area (TPSA) is 38.5 Å². The Morgan fingerprint density at radius 3 is 2.67 bits per heavy atom. The molecule has 21 heavy (non-hydrogen) atoms. The second-order valence-corrected chi connectivity index (χ2v) is 7.70. The number of hydrogen-bond acceptors (Lipinski definition) is 3. The third-order valence-corrected chi connectivity index (χ3v) is 4.77. The van der Waals surface area contributed by atoms with Crippen molar-refractivity contribution in [3.8, 4) is 11.8 Å². The first kappa shape index (κ1) is 16.8. The summed E-state index contributed by atoms with van der Waals surface area (Å²) in [5.41, 5.74) is 6.05. The molecule has 1 heterocycles. The first-order chi connectivity index (χ1) is 10.0. The summed E-state index contributed by atoms with van der Waals surface area (Å²) in [6.45, 7) is 11.5. The summed E-state index contributed by atoms with van der Waals surface area (Å²) < 4.78 is 5.82.